The lowest BCUT2D eigenvalue weighted by atomic mass is 10.1. The van der Waals surface area contributed by atoms with Gasteiger partial charge in [0, 0.05) is 18.1 Å². The van der Waals surface area contributed by atoms with Crippen LogP contribution in [0, 0.1) is 5.92 Å². The number of carbonyl (C=O) groups is 1. The average Bonchev–Trinajstić information content (AvgIpc) is 3.18. The van der Waals surface area contributed by atoms with Crippen LogP contribution in [-0.4, -0.2) is 57.7 Å². The molecule has 1 aliphatic rings. The van der Waals surface area contributed by atoms with Crippen molar-refractivity contribution in [3.8, 4) is 5.69 Å². The highest BCUT2D eigenvalue weighted by atomic mass is 35.5. The highest BCUT2D eigenvalue weighted by Crippen LogP contribution is 2.24. The highest BCUT2D eigenvalue weighted by molar-refractivity contribution is 6.31. The normalized spacial score (nSPS) is 17.1. The summed E-state index contributed by atoms with van der Waals surface area (Å²) in [5.74, 6) is 0.455. The monoisotopic (exact) mass is 356 g/mol. The van der Waals surface area contributed by atoms with Crippen LogP contribution >= 0.6 is 24.0 Å². The first-order chi connectivity index (χ1) is 10.7. The Bertz CT molecular complexity index is 663. The Morgan fingerprint density at radius 3 is 3.00 bits per heavy atom. The molecule has 0 aliphatic carbocycles. The summed E-state index contributed by atoms with van der Waals surface area (Å²) >= 11 is 6.07. The van der Waals surface area contributed by atoms with Gasteiger partial charge in [-0.3, -0.25) is 4.79 Å². The zero-order chi connectivity index (χ0) is 15.5. The number of likely N-dealkylation sites (tertiary alicyclic amines) is 1. The lowest BCUT2D eigenvalue weighted by molar-refractivity contribution is 0.0787. The number of halogens is 2. The Morgan fingerprint density at radius 1 is 1.48 bits per heavy atom. The van der Waals surface area contributed by atoms with E-state index in [1.54, 1.807) is 18.2 Å². The van der Waals surface area contributed by atoms with Gasteiger partial charge in [-0.1, -0.05) is 11.6 Å². The molecule has 1 saturated heterocycles. The van der Waals surface area contributed by atoms with Gasteiger partial charge in [0.25, 0.3) is 5.91 Å². The third-order valence-electron chi connectivity index (χ3n) is 3.85. The summed E-state index contributed by atoms with van der Waals surface area (Å²) < 4.78 is 1.48. The van der Waals surface area contributed by atoms with Gasteiger partial charge in [-0.25, -0.2) is 0 Å². The molecule has 9 heteroatoms. The van der Waals surface area contributed by atoms with Gasteiger partial charge in [-0.05, 0) is 54.6 Å². The van der Waals surface area contributed by atoms with Crippen LogP contribution in [0.4, 0.5) is 0 Å². The maximum Gasteiger partial charge on any atom is 0.256 e. The van der Waals surface area contributed by atoms with E-state index in [9.17, 15) is 4.79 Å². The van der Waals surface area contributed by atoms with Gasteiger partial charge in [0.05, 0.1) is 11.3 Å². The first kappa shape index (κ1) is 17.7. The van der Waals surface area contributed by atoms with E-state index < -0.39 is 0 Å². The molecule has 2 aromatic rings. The SMILES string of the molecule is CNCC1CCN(C(=O)c2cc(Cl)ccc2-n2cnnn2)C1.Cl. The minimum absolute atomic E-state index is 0. The molecule has 1 N–H and O–H groups in total. The fourth-order valence-electron chi connectivity index (χ4n) is 2.79. The number of hydrogen-bond donors (Lipinski definition) is 1. The van der Waals surface area contributed by atoms with E-state index >= 15 is 0 Å². The Balaban J connectivity index is 0.00000192. The molecule has 2 heterocycles. The molecule has 1 unspecified atom stereocenters. The summed E-state index contributed by atoms with van der Waals surface area (Å²) in [6.07, 6.45) is 2.47. The van der Waals surface area contributed by atoms with Crippen LogP contribution in [0.25, 0.3) is 5.69 Å². The number of nitrogens with one attached hydrogen (secondary N) is 1. The Kier molecular flexibility index (Phi) is 5.92. The molecular formula is C14H18Cl2N6O. The van der Waals surface area contributed by atoms with E-state index in [1.165, 1.54) is 11.0 Å². The summed E-state index contributed by atoms with van der Waals surface area (Å²) in [6, 6.07) is 5.16. The second-order valence-corrected chi connectivity index (χ2v) is 5.82. The zero-order valence-corrected chi connectivity index (χ0v) is 14.2. The molecule has 1 fully saturated rings. The molecular weight excluding hydrogens is 339 g/mol. The minimum Gasteiger partial charge on any atom is -0.338 e. The number of amides is 1. The van der Waals surface area contributed by atoms with Crippen LogP contribution in [0.2, 0.25) is 5.02 Å². The van der Waals surface area contributed by atoms with Gasteiger partial charge < -0.3 is 10.2 Å². The van der Waals surface area contributed by atoms with E-state index in [1.807, 2.05) is 11.9 Å². The third kappa shape index (κ3) is 3.80. The van der Waals surface area contributed by atoms with Crippen LogP contribution in [0.5, 0.6) is 0 Å². The van der Waals surface area contributed by atoms with Crippen LogP contribution in [0.1, 0.15) is 16.8 Å². The highest BCUT2D eigenvalue weighted by Gasteiger charge is 2.28. The number of hydrogen-bond acceptors (Lipinski definition) is 5. The predicted octanol–water partition coefficient (Wildman–Crippen LogP) is 1.42. The molecule has 124 valence electrons. The molecule has 1 amide bonds. The van der Waals surface area contributed by atoms with Crippen molar-refractivity contribution in [3.05, 3.63) is 35.1 Å². The molecule has 23 heavy (non-hydrogen) atoms. The van der Waals surface area contributed by atoms with E-state index in [2.05, 4.69) is 20.8 Å². The van der Waals surface area contributed by atoms with Crippen molar-refractivity contribution in [1.29, 1.82) is 0 Å². The molecule has 1 aromatic heterocycles. The smallest absolute Gasteiger partial charge is 0.256 e. The number of nitrogens with zero attached hydrogens (tertiary/aromatic N) is 5. The molecule has 1 aliphatic heterocycles. The van der Waals surface area contributed by atoms with E-state index in [-0.39, 0.29) is 18.3 Å². The van der Waals surface area contributed by atoms with Gasteiger partial charge in [-0.2, -0.15) is 4.68 Å². The fourth-order valence-corrected chi connectivity index (χ4v) is 2.97. The van der Waals surface area contributed by atoms with Crippen LogP contribution in [-0.2, 0) is 0 Å². The van der Waals surface area contributed by atoms with Crippen LogP contribution in [0.15, 0.2) is 24.5 Å². The Morgan fingerprint density at radius 2 is 2.30 bits per heavy atom. The van der Waals surface area contributed by atoms with E-state index in [4.69, 9.17) is 11.6 Å². The summed E-state index contributed by atoms with van der Waals surface area (Å²) in [5, 5.41) is 14.8. The Labute approximate surface area is 145 Å². The lowest BCUT2D eigenvalue weighted by Crippen LogP contribution is -2.31. The number of tetrazole rings is 1. The largest absolute Gasteiger partial charge is 0.338 e. The average molecular weight is 357 g/mol. The second-order valence-electron chi connectivity index (χ2n) is 5.38. The molecule has 1 aromatic carbocycles. The number of rotatable bonds is 4. The molecule has 3 rings (SSSR count). The fraction of sp³-hybridized carbons (Fsp3) is 0.429. The minimum atomic E-state index is -0.0356. The first-order valence-electron chi connectivity index (χ1n) is 7.16. The second kappa shape index (κ2) is 7.72. The van der Waals surface area contributed by atoms with Crippen molar-refractivity contribution >= 4 is 29.9 Å². The third-order valence-corrected chi connectivity index (χ3v) is 4.09. The number of carbonyl (C=O) groups excluding carboxylic acids is 1. The molecule has 7 nitrogen and oxygen atoms in total. The van der Waals surface area contributed by atoms with Crippen molar-refractivity contribution in [1.82, 2.24) is 30.4 Å². The summed E-state index contributed by atoms with van der Waals surface area (Å²) in [6.45, 7) is 2.42. The number of aromatic nitrogens is 4. The van der Waals surface area contributed by atoms with Crippen molar-refractivity contribution < 1.29 is 4.79 Å². The maximum atomic E-state index is 12.8. The van der Waals surface area contributed by atoms with Crippen LogP contribution < -0.4 is 5.32 Å². The van der Waals surface area contributed by atoms with Gasteiger partial charge in [0.15, 0.2) is 0 Å². The molecule has 0 bridgehead atoms. The van der Waals surface area contributed by atoms with E-state index in [0.717, 1.165) is 26.1 Å². The summed E-state index contributed by atoms with van der Waals surface area (Å²) in [5.41, 5.74) is 1.15. The number of benzene rings is 1. The van der Waals surface area contributed by atoms with Crippen molar-refractivity contribution in [2.75, 3.05) is 26.7 Å². The topological polar surface area (TPSA) is 75.9 Å². The summed E-state index contributed by atoms with van der Waals surface area (Å²) in [4.78, 5) is 14.7. The molecule has 1 atom stereocenters. The molecule has 0 spiro atoms. The van der Waals surface area contributed by atoms with Crippen LogP contribution in [0.3, 0.4) is 0 Å². The molecule has 0 radical (unpaired) electrons. The summed E-state index contributed by atoms with van der Waals surface area (Å²) in [7, 11) is 1.93. The molecule has 0 saturated carbocycles. The van der Waals surface area contributed by atoms with Gasteiger partial charge in [0.1, 0.15) is 6.33 Å². The van der Waals surface area contributed by atoms with E-state index in [0.29, 0.717) is 22.2 Å². The van der Waals surface area contributed by atoms with Crippen molar-refractivity contribution in [2.45, 2.75) is 6.42 Å². The van der Waals surface area contributed by atoms with Gasteiger partial charge in [-0.15, -0.1) is 17.5 Å². The van der Waals surface area contributed by atoms with Gasteiger partial charge in [0.2, 0.25) is 0 Å². The zero-order valence-electron chi connectivity index (χ0n) is 12.6. The quantitative estimate of drug-likeness (QED) is 0.896. The Hall–Kier alpha value is -1.70. The van der Waals surface area contributed by atoms with Crippen molar-refractivity contribution in [3.63, 3.8) is 0 Å². The standard InChI is InChI=1S/C14H17ClN6O.ClH/c1-16-7-10-4-5-20(8-10)14(22)12-6-11(15)2-3-13(12)21-9-17-18-19-21;/h2-3,6,9-10,16H,4-5,7-8H2,1H3;1H. The van der Waals surface area contributed by atoms with Crippen molar-refractivity contribution in [2.24, 2.45) is 5.92 Å². The van der Waals surface area contributed by atoms with Gasteiger partial charge >= 0.3 is 0 Å². The predicted molar refractivity (Wildman–Crippen MR) is 89.3 cm³/mol. The maximum absolute atomic E-state index is 12.8. The lowest BCUT2D eigenvalue weighted by Gasteiger charge is -2.18. The first-order valence-corrected chi connectivity index (χ1v) is 7.53.